The molecule has 0 N–H and O–H groups in total. The quantitative estimate of drug-likeness (QED) is 0.178. The molecule has 0 radical (unpaired) electrons. The minimum Gasteiger partial charge on any atom is -0.264 e. The molecule has 48 heavy (non-hydrogen) atoms. The van der Waals surface area contributed by atoms with Gasteiger partial charge in [0.15, 0.2) is 0 Å². The molecule has 1 heterocycles. The van der Waals surface area contributed by atoms with Crippen molar-refractivity contribution in [3.05, 3.63) is 176 Å². The fourth-order valence-electron chi connectivity index (χ4n) is 7.97. The van der Waals surface area contributed by atoms with Crippen molar-refractivity contribution in [2.24, 2.45) is 0 Å². The summed E-state index contributed by atoms with van der Waals surface area (Å²) in [5, 5.41) is 7.47. The number of hydrogen-bond acceptors (Lipinski definition) is 1. The maximum Gasteiger partial charge on any atom is 0.0352 e. The van der Waals surface area contributed by atoms with Crippen molar-refractivity contribution in [1.82, 2.24) is 4.98 Å². The topological polar surface area (TPSA) is 12.9 Å². The average molecular weight is 608 g/mol. The van der Waals surface area contributed by atoms with Crippen LogP contribution in [-0.2, 0) is 0 Å². The van der Waals surface area contributed by atoms with E-state index in [1.165, 1.54) is 99.1 Å². The molecule has 1 aromatic heterocycles. The predicted octanol–water partition coefficient (Wildman–Crippen LogP) is 12.9. The van der Waals surface area contributed by atoms with Crippen LogP contribution in [0.1, 0.15) is 0 Å². The zero-order valence-electron chi connectivity index (χ0n) is 26.2. The molecule has 9 aromatic rings. The monoisotopic (exact) mass is 607 g/mol. The van der Waals surface area contributed by atoms with Gasteiger partial charge in [0.2, 0.25) is 0 Å². The predicted molar refractivity (Wildman–Crippen MR) is 203 cm³/mol. The Morgan fingerprint density at radius 3 is 1.42 bits per heavy atom. The summed E-state index contributed by atoms with van der Waals surface area (Å²) in [5.41, 5.74) is 15.0. The second kappa shape index (κ2) is 10.6. The highest BCUT2D eigenvalue weighted by molar-refractivity contribution is 6.25. The van der Waals surface area contributed by atoms with E-state index in [4.69, 9.17) is 0 Å². The summed E-state index contributed by atoms with van der Waals surface area (Å²) in [6.07, 6.45) is 3.90. The van der Waals surface area contributed by atoms with Gasteiger partial charge in [-0.3, -0.25) is 4.98 Å². The molecule has 0 atom stereocenters. The van der Waals surface area contributed by atoms with Gasteiger partial charge in [-0.25, -0.2) is 0 Å². The molecule has 0 aliphatic heterocycles. The Bertz CT molecular complexity index is 2680. The van der Waals surface area contributed by atoms with Crippen LogP contribution in [0.2, 0.25) is 0 Å². The molecule has 8 aromatic carbocycles. The Kier molecular flexibility index (Phi) is 5.94. The summed E-state index contributed by atoms with van der Waals surface area (Å²) in [6.45, 7) is 0. The van der Waals surface area contributed by atoms with E-state index in [1.807, 2.05) is 12.4 Å². The third kappa shape index (κ3) is 4.01. The zero-order valence-corrected chi connectivity index (χ0v) is 26.2. The molecule has 1 aliphatic carbocycles. The molecule has 1 heteroatoms. The molecular weight excluding hydrogens is 579 g/mol. The molecule has 0 bridgehead atoms. The lowest BCUT2D eigenvalue weighted by molar-refractivity contribution is 1.37. The standard InChI is InChI=1S/C47H29N/c1-2-11-35-34(10-1)36-12-3-5-14-39(36)44-19-9-18-33(47(44)43-17-8-7-15-38(35)43)31-22-20-30(21-23-31)32-24-25-41-37-13-4-6-16-40(37)46-29-48-27-26-42(46)45(41)28-32/h1-29H. The highest BCUT2D eigenvalue weighted by Crippen LogP contribution is 2.50. The first-order chi connectivity index (χ1) is 23.8. The van der Waals surface area contributed by atoms with E-state index in [0.29, 0.717) is 0 Å². The first-order valence-electron chi connectivity index (χ1n) is 16.5. The number of benzene rings is 8. The van der Waals surface area contributed by atoms with Crippen LogP contribution in [0.25, 0.3) is 99.1 Å². The number of fused-ring (bicyclic) bond motifs is 14. The van der Waals surface area contributed by atoms with Gasteiger partial charge in [-0.1, -0.05) is 152 Å². The van der Waals surface area contributed by atoms with Crippen molar-refractivity contribution in [2.45, 2.75) is 0 Å². The minimum absolute atomic E-state index is 1.19. The highest BCUT2D eigenvalue weighted by Gasteiger charge is 2.23. The van der Waals surface area contributed by atoms with Crippen molar-refractivity contribution >= 4 is 32.3 Å². The van der Waals surface area contributed by atoms with Crippen molar-refractivity contribution < 1.29 is 0 Å². The highest BCUT2D eigenvalue weighted by atomic mass is 14.6. The lowest BCUT2D eigenvalue weighted by atomic mass is 9.78. The number of rotatable bonds is 2. The molecule has 0 saturated carbocycles. The van der Waals surface area contributed by atoms with Gasteiger partial charge >= 0.3 is 0 Å². The van der Waals surface area contributed by atoms with Crippen LogP contribution in [0.5, 0.6) is 0 Å². The van der Waals surface area contributed by atoms with Crippen LogP contribution in [-0.4, -0.2) is 4.98 Å². The Morgan fingerprint density at radius 2 is 0.729 bits per heavy atom. The van der Waals surface area contributed by atoms with Crippen molar-refractivity contribution in [2.75, 3.05) is 0 Å². The first-order valence-corrected chi connectivity index (χ1v) is 16.5. The van der Waals surface area contributed by atoms with Gasteiger partial charge in [-0.15, -0.1) is 0 Å². The van der Waals surface area contributed by atoms with Gasteiger partial charge < -0.3 is 0 Å². The zero-order chi connectivity index (χ0) is 31.6. The van der Waals surface area contributed by atoms with Gasteiger partial charge in [0, 0.05) is 17.8 Å². The van der Waals surface area contributed by atoms with Gasteiger partial charge in [0.05, 0.1) is 0 Å². The maximum atomic E-state index is 4.47. The second-order valence-corrected chi connectivity index (χ2v) is 12.7. The van der Waals surface area contributed by atoms with E-state index in [2.05, 4.69) is 169 Å². The Balaban J connectivity index is 1.15. The molecule has 0 fully saturated rings. The van der Waals surface area contributed by atoms with Crippen LogP contribution in [0.4, 0.5) is 0 Å². The fraction of sp³-hybridized carbons (Fsp3) is 0. The largest absolute Gasteiger partial charge is 0.264 e. The number of nitrogens with zero attached hydrogens (tertiary/aromatic N) is 1. The van der Waals surface area contributed by atoms with E-state index in [1.54, 1.807) is 0 Å². The van der Waals surface area contributed by atoms with Crippen molar-refractivity contribution in [3.63, 3.8) is 0 Å². The van der Waals surface area contributed by atoms with E-state index in [0.717, 1.165) is 0 Å². The lowest BCUT2D eigenvalue weighted by Crippen LogP contribution is -1.98. The van der Waals surface area contributed by atoms with Gasteiger partial charge in [-0.2, -0.15) is 0 Å². The summed E-state index contributed by atoms with van der Waals surface area (Å²) in [6, 6.07) is 60.2. The minimum atomic E-state index is 1.19. The number of aromatic nitrogens is 1. The summed E-state index contributed by atoms with van der Waals surface area (Å²) < 4.78 is 0. The third-order valence-electron chi connectivity index (χ3n) is 10.2. The summed E-state index contributed by atoms with van der Waals surface area (Å²) in [7, 11) is 0. The van der Waals surface area contributed by atoms with Crippen LogP contribution in [0.3, 0.4) is 0 Å². The fourth-order valence-corrected chi connectivity index (χ4v) is 7.97. The molecule has 10 rings (SSSR count). The molecule has 0 spiro atoms. The maximum absolute atomic E-state index is 4.47. The van der Waals surface area contributed by atoms with Crippen molar-refractivity contribution in [3.8, 4) is 66.8 Å². The number of hydrogen-bond donors (Lipinski definition) is 0. The van der Waals surface area contributed by atoms with Gasteiger partial charge in [0.25, 0.3) is 0 Å². The normalized spacial score (nSPS) is 11.8. The van der Waals surface area contributed by atoms with Crippen LogP contribution >= 0.6 is 0 Å². The molecule has 0 unspecified atom stereocenters. The summed E-state index contributed by atoms with van der Waals surface area (Å²) >= 11 is 0. The molecule has 1 nitrogen and oxygen atoms in total. The number of pyridine rings is 1. The van der Waals surface area contributed by atoms with Gasteiger partial charge in [0.1, 0.15) is 0 Å². The van der Waals surface area contributed by atoms with Crippen LogP contribution < -0.4 is 0 Å². The smallest absolute Gasteiger partial charge is 0.0352 e. The van der Waals surface area contributed by atoms with Crippen molar-refractivity contribution in [1.29, 1.82) is 0 Å². The van der Waals surface area contributed by atoms with Gasteiger partial charge in [-0.05, 0) is 106 Å². The average Bonchev–Trinajstić information content (AvgIpc) is 3.17. The van der Waals surface area contributed by atoms with E-state index < -0.39 is 0 Å². The van der Waals surface area contributed by atoms with E-state index in [9.17, 15) is 0 Å². The summed E-state index contributed by atoms with van der Waals surface area (Å²) in [4.78, 5) is 4.47. The SMILES string of the molecule is c1ccc2c(c1)-c1ccccc1-c1cccc(-c3ccc(-c4ccc5c6ccccc6c6cnccc6c5c4)cc3)c1-c1ccccc1-2. The first kappa shape index (κ1) is 26.9. The Hall–Kier alpha value is -6.31. The Morgan fingerprint density at radius 1 is 0.271 bits per heavy atom. The lowest BCUT2D eigenvalue weighted by Gasteiger charge is -2.25. The van der Waals surface area contributed by atoms with Crippen LogP contribution in [0, 0.1) is 0 Å². The molecule has 0 amide bonds. The molecule has 1 aliphatic rings. The molecule has 0 saturated heterocycles. The van der Waals surface area contributed by atoms with E-state index in [-0.39, 0.29) is 0 Å². The summed E-state index contributed by atoms with van der Waals surface area (Å²) in [5.74, 6) is 0. The second-order valence-electron chi connectivity index (χ2n) is 12.7. The molecular formula is C47H29N. The third-order valence-corrected chi connectivity index (χ3v) is 10.2. The van der Waals surface area contributed by atoms with E-state index >= 15 is 0 Å². The van der Waals surface area contributed by atoms with Crippen LogP contribution in [0.15, 0.2) is 176 Å². The Labute approximate surface area is 279 Å². The molecule has 222 valence electrons.